The van der Waals surface area contributed by atoms with Crippen molar-refractivity contribution in [3.8, 4) is 0 Å². The Labute approximate surface area is 88.1 Å². The van der Waals surface area contributed by atoms with E-state index >= 15 is 0 Å². The number of anilines is 1. The Balaban J connectivity index is 2.06. The number of hydrogen-bond acceptors (Lipinski definition) is 3. The number of aliphatic hydroxyl groups excluding tert-OH is 1. The van der Waals surface area contributed by atoms with Crippen molar-refractivity contribution in [3.05, 3.63) is 22.8 Å². The lowest BCUT2D eigenvalue weighted by atomic mass is 10.3. The molecule has 0 aliphatic heterocycles. The Bertz CT molecular complexity index is 343. The summed E-state index contributed by atoms with van der Waals surface area (Å²) < 4.78 is 0. The molecule has 3 nitrogen and oxygen atoms in total. The van der Waals surface area contributed by atoms with Gasteiger partial charge in [-0.1, -0.05) is 11.6 Å². The van der Waals surface area contributed by atoms with Crippen LogP contribution in [0.2, 0.25) is 5.02 Å². The number of halogens is 1. The lowest BCUT2D eigenvalue weighted by Gasteiger charge is -2.07. The molecule has 1 aliphatic rings. The summed E-state index contributed by atoms with van der Waals surface area (Å²) in [5.74, 6) is 1.10. The van der Waals surface area contributed by atoms with Crippen molar-refractivity contribution in [1.82, 2.24) is 4.98 Å². The fourth-order valence-corrected chi connectivity index (χ4v) is 1.60. The van der Waals surface area contributed by atoms with Gasteiger partial charge in [0, 0.05) is 24.3 Å². The minimum atomic E-state index is 0.237. The highest BCUT2D eigenvalue weighted by atomic mass is 35.5. The molecular weight excluding hydrogens is 200 g/mol. The van der Waals surface area contributed by atoms with Crippen molar-refractivity contribution < 1.29 is 5.11 Å². The molecular formula is C10H13ClN2O. The van der Waals surface area contributed by atoms with E-state index in [1.165, 1.54) is 0 Å². The first-order valence-electron chi connectivity index (χ1n) is 4.71. The molecule has 2 N–H and O–H groups in total. The number of rotatable bonds is 3. The summed E-state index contributed by atoms with van der Waals surface area (Å²) in [6.45, 7) is 2.17. The third-order valence-corrected chi connectivity index (χ3v) is 2.77. The van der Waals surface area contributed by atoms with E-state index in [0.717, 1.165) is 17.9 Å². The Morgan fingerprint density at radius 2 is 2.43 bits per heavy atom. The summed E-state index contributed by atoms with van der Waals surface area (Å²) in [6, 6.07) is 4.05. The SMILES string of the molecule is Cc1ccc(Cl)c(NC2CC2CO)n1. The first kappa shape index (κ1) is 9.74. The first-order valence-corrected chi connectivity index (χ1v) is 5.09. The average molecular weight is 213 g/mol. The Morgan fingerprint density at radius 3 is 3.07 bits per heavy atom. The van der Waals surface area contributed by atoms with Crippen LogP contribution in [-0.4, -0.2) is 22.7 Å². The summed E-state index contributed by atoms with van der Waals surface area (Å²) in [4.78, 5) is 4.30. The van der Waals surface area contributed by atoms with E-state index in [1.54, 1.807) is 0 Å². The zero-order valence-electron chi connectivity index (χ0n) is 8.00. The molecule has 1 aliphatic carbocycles. The fourth-order valence-electron chi connectivity index (χ4n) is 1.44. The molecule has 1 fully saturated rings. The molecule has 4 heteroatoms. The minimum Gasteiger partial charge on any atom is -0.396 e. The van der Waals surface area contributed by atoms with Gasteiger partial charge in [0.1, 0.15) is 5.82 Å². The van der Waals surface area contributed by atoms with Gasteiger partial charge in [0.25, 0.3) is 0 Å². The van der Waals surface area contributed by atoms with Crippen molar-refractivity contribution in [1.29, 1.82) is 0 Å². The zero-order valence-corrected chi connectivity index (χ0v) is 8.75. The molecule has 0 spiro atoms. The van der Waals surface area contributed by atoms with Gasteiger partial charge < -0.3 is 10.4 Å². The summed E-state index contributed by atoms with van der Waals surface area (Å²) in [7, 11) is 0. The summed E-state index contributed by atoms with van der Waals surface area (Å²) in [5.41, 5.74) is 0.943. The molecule has 0 aromatic carbocycles. The molecule has 2 rings (SSSR count). The monoisotopic (exact) mass is 212 g/mol. The molecule has 76 valence electrons. The molecule has 1 aromatic rings. The topological polar surface area (TPSA) is 45.1 Å². The predicted molar refractivity (Wildman–Crippen MR) is 56.6 cm³/mol. The van der Waals surface area contributed by atoms with Gasteiger partial charge in [0.15, 0.2) is 0 Å². The molecule has 1 heterocycles. The van der Waals surface area contributed by atoms with Gasteiger partial charge in [-0.05, 0) is 25.5 Å². The smallest absolute Gasteiger partial charge is 0.145 e. The van der Waals surface area contributed by atoms with Gasteiger partial charge in [0.05, 0.1) is 5.02 Å². The van der Waals surface area contributed by atoms with Crippen LogP contribution in [0.15, 0.2) is 12.1 Å². The van der Waals surface area contributed by atoms with Crippen molar-refractivity contribution in [3.63, 3.8) is 0 Å². The maximum atomic E-state index is 8.88. The molecule has 0 radical (unpaired) electrons. The number of nitrogens with one attached hydrogen (secondary N) is 1. The quantitative estimate of drug-likeness (QED) is 0.804. The summed E-state index contributed by atoms with van der Waals surface area (Å²) >= 11 is 5.97. The highest BCUT2D eigenvalue weighted by Crippen LogP contribution is 2.34. The first-order chi connectivity index (χ1) is 6.70. The van der Waals surface area contributed by atoms with E-state index in [1.807, 2.05) is 19.1 Å². The van der Waals surface area contributed by atoms with E-state index in [0.29, 0.717) is 17.0 Å². The van der Waals surface area contributed by atoms with Crippen molar-refractivity contribution >= 4 is 17.4 Å². The normalized spacial score (nSPS) is 24.8. The number of aliphatic hydroxyl groups is 1. The van der Waals surface area contributed by atoms with E-state index < -0.39 is 0 Å². The van der Waals surface area contributed by atoms with Crippen LogP contribution < -0.4 is 5.32 Å². The van der Waals surface area contributed by atoms with Gasteiger partial charge in [-0.2, -0.15) is 0 Å². The largest absolute Gasteiger partial charge is 0.396 e. The van der Waals surface area contributed by atoms with Crippen LogP contribution in [0.3, 0.4) is 0 Å². The van der Waals surface area contributed by atoms with E-state index in [4.69, 9.17) is 16.7 Å². The average Bonchev–Trinajstić information content (AvgIpc) is 2.90. The van der Waals surface area contributed by atoms with Crippen molar-refractivity contribution in [2.75, 3.05) is 11.9 Å². The van der Waals surface area contributed by atoms with Crippen molar-refractivity contribution in [2.45, 2.75) is 19.4 Å². The van der Waals surface area contributed by atoms with E-state index in [-0.39, 0.29) is 6.61 Å². The van der Waals surface area contributed by atoms with Crippen LogP contribution in [0.25, 0.3) is 0 Å². The fraction of sp³-hybridized carbons (Fsp3) is 0.500. The molecule has 1 aromatic heterocycles. The standard InChI is InChI=1S/C10H13ClN2O/c1-6-2-3-8(11)10(12-6)13-9-4-7(9)5-14/h2-3,7,9,14H,4-5H2,1H3,(H,12,13). The lowest BCUT2D eigenvalue weighted by molar-refractivity contribution is 0.275. The number of hydrogen-bond donors (Lipinski definition) is 2. The molecule has 14 heavy (non-hydrogen) atoms. The third kappa shape index (κ3) is 1.99. The number of aryl methyl sites for hydroxylation is 1. The van der Waals surface area contributed by atoms with Crippen LogP contribution in [-0.2, 0) is 0 Å². The predicted octanol–water partition coefficient (Wildman–Crippen LogP) is 1.84. The van der Waals surface area contributed by atoms with Crippen LogP contribution in [0.1, 0.15) is 12.1 Å². The minimum absolute atomic E-state index is 0.237. The third-order valence-electron chi connectivity index (χ3n) is 2.46. The maximum absolute atomic E-state index is 8.88. The number of aromatic nitrogens is 1. The van der Waals surface area contributed by atoms with Gasteiger partial charge >= 0.3 is 0 Å². The van der Waals surface area contributed by atoms with E-state index in [2.05, 4.69) is 10.3 Å². The Hall–Kier alpha value is -0.800. The van der Waals surface area contributed by atoms with Gasteiger partial charge in [-0.3, -0.25) is 0 Å². The van der Waals surface area contributed by atoms with Crippen LogP contribution in [0.5, 0.6) is 0 Å². The molecule has 0 amide bonds. The zero-order chi connectivity index (χ0) is 10.1. The van der Waals surface area contributed by atoms with Gasteiger partial charge in [-0.25, -0.2) is 4.98 Å². The Kier molecular flexibility index (Phi) is 2.61. The Morgan fingerprint density at radius 1 is 1.64 bits per heavy atom. The second-order valence-electron chi connectivity index (χ2n) is 3.71. The van der Waals surface area contributed by atoms with Gasteiger partial charge in [0.2, 0.25) is 0 Å². The second kappa shape index (κ2) is 3.75. The van der Waals surface area contributed by atoms with Crippen LogP contribution >= 0.6 is 11.6 Å². The lowest BCUT2D eigenvalue weighted by Crippen LogP contribution is -2.08. The molecule has 2 unspecified atom stereocenters. The highest BCUT2D eigenvalue weighted by Gasteiger charge is 2.36. The molecule has 0 bridgehead atoms. The second-order valence-corrected chi connectivity index (χ2v) is 4.12. The van der Waals surface area contributed by atoms with Crippen LogP contribution in [0.4, 0.5) is 5.82 Å². The molecule has 1 saturated carbocycles. The summed E-state index contributed by atoms with van der Waals surface area (Å²) in [6.07, 6.45) is 1.00. The molecule has 0 saturated heterocycles. The number of nitrogens with zero attached hydrogens (tertiary/aromatic N) is 1. The summed E-state index contributed by atoms with van der Waals surface area (Å²) in [5, 5.41) is 12.7. The van der Waals surface area contributed by atoms with E-state index in [9.17, 15) is 0 Å². The maximum Gasteiger partial charge on any atom is 0.145 e. The van der Waals surface area contributed by atoms with Crippen molar-refractivity contribution in [2.24, 2.45) is 5.92 Å². The molecule has 2 atom stereocenters. The van der Waals surface area contributed by atoms with Crippen LogP contribution in [0, 0.1) is 12.8 Å². The number of pyridine rings is 1. The van der Waals surface area contributed by atoms with Gasteiger partial charge in [-0.15, -0.1) is 0 Å². The highest BCUT2D eigenvalue weighted by molar-refractivity contribution is 6.32.